The van der Waals surface area contributed by atoms with E-state index >= 15 is 0 Å². The van der Waals surface area contributed by atoms with Crippen LogP contribution < -0.4 is 31.1 Å². The summed E-state index contributed by atoms with van der Waals surface area (Å²) in [4.78, 5) is 7.62. The molecule has 0 atom stereocenters. The van der Waals surface area contributed by atoms with Gasteiger partial charge < -0.3 is 23.5 Å². The number of hydrogen-bond acceptors (Lipinski definition) is 8. The van der Waals surface area contributed by atoms with E-state index in [0.717, 1.165) is 173 Å². The van der Waals surface area contributed by atoms with Crippen molar-refractivity contribution in [3.05, 3.63) is 376 Å². The van der Waals surface area contributed by atoms with Crippen molar-refractivity contribution in [1.82, 2.24) is 0 Å². The summed E-state index contributed by atoms with van der Waals surface area (Å²) >= 11 is 3.75. The van der Waals surface area contributed by atoms with Crippen LogP contribution in [0.15, 0.2) is 379 Å². The lowest BCUT2D eigenvalue weighted by atomic mass is 9.33. The van der Waals surface area contributed by atoms with Gasteiger partial charge >= 0.3 is 0 Å². The Balaban J connectivity index is 0.869. The lowest BCUT2D eigenvalue weighted by molar-refractivity contribution is 0.663. The second-order valence-electron chi connectivity index (χ2n) is 29.2. The van der Waals surface area contributed by atoms with Crippen LogP contribution in [0.25, 0.3) is 151 Å². The third-order valence-corrected chi connectivity index (χ3v) is 25.3. The van der Waals surface area contributed by atoms with E-state index in [1.54, 1.807) is 0 Å². The number of anilines is 9. The van der Waals surface area contributed by atoms with E-state index in [9.17, 15) is 5.26 Å². The van der Waals surface area contributed by atoms with E-state index in [1.807, 2.05) is 46.9 Å². The molecule has 17 aromatic carbocycles. The normalized spacial score (nSPS) is 12.4. The Kier molecular flexibility index (Phi) is 14.5. The molecule has 4 aromatic heterocycles. The van der Waals surface area contributed by atoms with E-state index in [4.69, 9.17) is 8.83 Å². The van der Waals surface area contributed by atoms with Crippen LogP contribution in [0.5, 0.6) is 0 Å². The van der Waals surface area contributed by atoms with Gasteiger partial charge in [0.05, 0.1) is 23.0 Å². The third kappa shape index (κ3) is 9.89. The number of rotatable bonds is 11. The number of para-hydroxylation sites is 5. The number of nitrogens with zero attached hydrogens (tertiary/aromatic N) is 4. The summed E-state index contributed by atoms with van der Waals surface area (Å²) < 4.78 is 18.9. The molecule has 0 amide bonds. The molecule has 6 heterocycles. The zero-order valence-corrected chi connectivity index (χ0v) is 61.9. The quantitative estimate of drug-likeness (QED) is 0.120. The number of thiophene rings is 2. The van der Waals surface area contributed by atoms with Crippen LogP contribution in [-0.2, 0) is 0 Å². The van der Waals surface area contributed by atoms with Crippen LogP contribution in [0.2, 0.25) is 0 Å². The summed E-state index contributed by atoms with van der Waals surface area (Å²) in [5.74, 6) is 0. The van der Waals surface area contributed by atoms with Crippen molar-refractivity contribution in [2.24, 2.45) is 0 Å². The van der Waals surface area contributed by atoms with Crippen molar-refractivity contribution in [2.45, 2.75) is 0 Å². The highest BCUT2D eigenvalue weighted by Gasteiger charge is 2.46. The maximum absolute atomic E-state index is 10.3. The first-order valence-electron chi connectivity index (χ1n) is 37.9. The molecule has 21 aromatic rings. The van der Waals surface area contributed by atoms with E-state index in [1.165, 1.54) is 45.8 Å². The fourth-order valence-electron chi connectivity index (χ4n) is 18.2. The highest BCUT2D eigenvalue weighted by atomic mass is 32.1. The van der Waals surface area contributed by atoms with Gasteiger partial charge in [-0.3, -0.25) is 0 Å². The standard InChI is InChI=1S/C103H61BN4O2S2/c105-62-63-43-47-72(48-44-63)106(71-31-14-5-15-32-71)73-49-52-84-86(61-73)108(102-76(66-27-10-3-11-28-66)37-21-38-77(102)67-29-12-4-13-30-67)88-59-70(68-45-50-81-95(60-68)112-94-56-55-93-98(99(81)94)80-34-17-19-42-92(80)111-93)58-87-100(88)104(84)83-51-46-69(78-39-22-40-82-97-91(110-103(78)82)54-53-90-96(97)79-33-16-18-41-89(79)109-90)57-85(83)107(87)101-74(64-23-6-1-7-24-64)35-20-36-75(101)65-25-8-2-9-26-65/h1-61H. The Morgan fingerprint density at radius 2 is 0.741 bits per heavy atom. The number of benzene rings is 17. The number of hydrogen-bond donors (Lipinski definition) is 0. The number of nitriles is 1. The molecule has 23 rings (SSSR count). The van der Waals surface area contributed by atoms with Gasteiger partial charge in [-0.15, -0.1) is 22.7 Å². The molecule has 2 aliphatic heterocycles. The molecule has 0 saturated heterocycles. The van der Waals surface area contributed by atoms with E-state index < -0.39 is 0 Å². The molecule has 0 bridgehead atoms. The Morgan fingerprint density at radius 1 is 0.286 bits per heavy atom. The molecule has 0 unspecified atom stereocenters. The molecule has 520 valence electrons. The van der Waals surface area contributed by atoms with Gasteiger partial charge in [0.2, 0.25) is 0 Å². The molecular formula is C103H61BN4O2S2. The molecule has 0 saturated carbocycles. The molecule has 2 aliphatic rings. The summed E-state index contributed by atoms with van der Waals surface area (Å²) in [6, 6.07) is 138. The van der Waals surface area contributed by atoms with E-state index in [-0.39, 0.29) is 6.71 Å². The largest absolute Gasteiger partial charge is 0.456 e. The van der Waals surface area contributed by atoms with Crippen LogP contribution in [0.3, 0.4) is 0 Å². The molecule has 0 radical (unpaired) electrons. The summed E-state index contributed by atoms with van der Waals surface area (Å²) in [6.45, 7) is -0.342. The van der Waals surface area contributed by atoms with Gasteiger partial charge in [0, 0.05) is 130 Å². The third-order valence-electron chi connectivity index (χ3n) is 23.1. The smallest absolute Gasteiger partial charge is 0.252 e. The van der Waals surface area contributed by atoms with Crippen LogP contribution in [-0.4, -0.2) is 6.71 Å². The van der Waals surface area contributed by atoms with Gasteiger partial charge in [-0.1, -0.05) is 261 Å². The average molecular weight is 1460 g/mol. The molecule has 0 aliphatic carbocycles. The first-order chi connectivity index (χ1) is 55.5. The minimum Gasteiger partial charge on any atom is -0.456 e. The van der Waals surface area contributed by atoms with Crippen molar-refractivity contribution in [3.63, 3.8) is 0 Å². The van der Waals surface area contributed by atoms with Gasteiger partial charge in [-0.2, -0.15) is 5.26 Å². The van der Waals surface area contributed by atoms with Crippen LogP contribution in [0.1, 0.15) is 5.56 Å². The molecular weight excluding hydrogens is 1400 g/mol. The predicted octanol–water partition coefficient (Wildman–Crippen LogP) is 27.6. The summed E-state index contributed by atoms with van der Waals surface area (Å²) in [6.07, 6.45) is 0. The lowest BCUT2D eigenvalue weighted by Crippen LogP contribution is -2.61. The van der Waals surface area contributed by atoms with Crippen molar-refractivity contribution < 1.29 is 8.83 Å². The summed E-state index contributed by atoms with van der Waals surface area (Å²) in [5, 5.41) is 19.6. The molecule has 6 nitrogen and oxygen atoms in total. The van der Waals surface area contributed by atoms with Crippen LogP contribution in [0.4, 0.5) is 51.2 Å². The molecule has 0 N–H and O–H groups in total. The Morgan fingerprint density at radius 3 is 1.35 bits per heavy atom. The topological polar surface area (TPSA) is 59.8 Å². The molecule has 112 heavy (non-hydrogen) atoms. The highest BCUT2D eigenvalue weighted by Crippen LogP contribution is 2.56. The molecule has 0 spiro atoms. The number of fused-ring (bicyclic) bond motifs is 18. The van der Waals surface area contributed by atoms with Crippen LogP contribution >= 0.6 is 22.7 Å². The van der Waals surface area contributed by atoms with Gasteiger partial charge in [0.15, 0.2) is 0 Å². The number of furan rings is 2. The van der Waals surface area contributed by atoms with Crippen molar-refractivity contribution in [2.75, 3.05) is 14.7 Å². The first-order valence-corrected chi connectivity index (χ1v) is 39.6. The van der Waals surface area contributed by atoms with E-state index in [0.29, 0.717) is 5.56 Å². The lowest BCUT2D eigenvalue weighted by Gasteiger charge is -2.46. The van der Waals surface area contributed by atoms with Crippen LogP contribution in [0, 0.1) is 11.3 Å². The van der Waals surface area contributed by atoms with Gasteiger partial charge in [-0.05, 0) is 165 Å². The monoisotopic (exact) mass is 1460 g/mol. The van der Waals surface area contributed by atoms with Crippen molar-refractivity contribution in [3.8, 4) is 72.8 Å². The second kappa shape index (κ2) is 25.4. The maximum Gasteiger partial charge on any atom is 0.252 e. The highest BCUT2D eigenvalue weighted by molar-refractivity contribution is 7.28. The SMILES string of the molecule is N#Cc1ccc(N(c2ccccc2)c2ccc3c(c2)N(c2c(-c4ccccc4)cccc2-c2ccccc2)c2cc(-c4ccc5c(c4)sc4ccc6sc7ccccc7c6c45)cc4c2B3c2ccc(-c3cccc5c3oc3ccc6oc7ccccc7c6c35)cc2N4c2c(-c3ccccc3)cccc2-c2ccccc2)cc1. The first kappa shape index (κ1) is 63.8. The zero-order valence-electron chi connectivity index (χ0n) is 60.2. The fourth-order valence-corrected chi connectivity index (χ4v) is 20.5. The van der Waals surface area contributed by atoms with Crippen molar-refractivity contribution >= 4 is 181 Å². The summed E-state index contributed by atoms with van der Waals surface area (Å²) in [7, 11) is 0. The molecule has 9 heteroatoms. The van der Waals surface area contributed by atoms with Gasteiger partial charge in [0.25, 0.3) is 6.71 Å². The minimum atomic E-state index is -0.342. The van der Waals surface area contributed by atoms with Crippen molar-refractivity contribution in [1.29, 1.82) is 5.26 Å². The summed E-state index contributed by atoms with van der Waals surface area (Å²) in [5.41, 5.74) is 29.4. The zero-order chi connectivity index (χ0) is 73.6. The van der Waals surface area contributed by atoms with Gasteiger partial charge in [-0.25, -0.2) is 0 Å². The predicted molar refractivity (Wildman–Crippen MR) is 473 cm³/mol. The minimum absolute atomic E-state index is 0.342. The van der Waals surface area contributed by atoms with E-state index in [2.05, 4.69) is 367 Å². The second-order valence-corrected chi connectivity index (χ2v) is 31.3. The molecule has 0 fully saturated rings. The Labute approximate surface area is 653 Å². The maximum atomic E-state index is 10.3. The fraction of sp³-hybridized carbons (Fsp3) is 0. The van der Waals surface area contributed by atoms with Gasteiger partial charge in [0.1, 0.15) is 22.3 Å². The Bertz CT molecular complexity index is 7360. The Hall–Kier alpha value is -14.3. The average Bonchev–Trinajstić information content (AvgIpc) is 0.743.